The van der Waals surface area contributed by atoms with Crippen LogP contribution in [0.15, 0.2) is 40.2 Å². The Morgan fingerprint density at radius 3 is 2.85 bits per heavy atom. The molecule has 2 aromatic heterocycles. The van der Waals surface area contributed by atoms with Crippen molar-refractivity contribution in [2.24, 2.45) is 0 Å². The zero-order valence-corrected chi connectivity index (χ0v) is 13.0. The summed E-state index contributed by atoms with van der Waals surface area (Å²) in [5, 5.41) is 10.1. The maximum atomic E-state index is 5.98. The summed E-state index contributed by atoms with van der Waals surface area (Å²) in [6, 6.07) is 9.66. The number of methoxy groups -OCH3 is 1. The van der Waals surface area contributed by atoms with E-state index in [4.69, 9.17) is 10.5 Å². The molecule has 0 saturated heterocycles. The van der Waals surface area contributed by atoms with Gasteiger partial charge >= 0.3 is 0 Å². The largest absolute Gasteiger partial charge is 0.495 e. The third-order valence-corrected chi connectivity index (χ3v) is 4.17. The minimum Gasteiger partial charge on any atom is -0.495 e. The first-order valence-corrected chi connectivity index (χ1v) is 7.46. The number of nitrogens with two attached hydrogens (primary N) is 1. The van der Waals surface area contributed by atoms with Crippen LogP contribution in [0.3, 0.4) is 0 Å². The summed E-state index contributed by atoms with van der Waals surface area (Å²) in [7, 11) is 1.62. The molecule has 0 spiro atoms. The van der Waals surface area contributed by atoms with E-state index < -0.39 is 0 Å². The number of ether oxygens (including phenoxy) is 1. The zero-order chi connectivity index (χ0) is 14.1. The Bertz CT molecular complexity index is 739. The Labute approximate surface area is 128 Å². The second kappa shape index (κ2) is 5.26. The molecular formula is C13H11BrN4OS. The van der Waals surface area contributed by atoms with Crippen LogP contribution in [0, 0.1) is 0 Å². The van der Waals surface area contributed by atoms with Crippen molar-refractivity contribution in [2.45, 2.75) is 0 Å². The number of aromatic nitrogens is 3. The molecule has 0 bridgehead atoms. The topological polar surface area (TPSA) is 66.0 Å². The molecule has 7 heteroatoms. The van der Waals surface area contributed by atoms with Gasteiger partial charge in [-0.25, -0.2) is 0 Å². The summed E-state index contributed by atoms with van der Waals surface area (Å²) in [4.78, 5) is 0.997. The maximum absolute atomic E-state index is 5.98. The number of benzene rings is 1. The molecule has 0 aliphatic carbocycles. The number of nitrogens with zero attached hydrogens (tertiary/aromatic N) is 3. The first-order valence-electron chi connectivity index (χ1n) is 5.79. The van der Waals surface area contributed by atoms with Gasteiger partial charge in [0.25, 0.3) is 0 Å². The van der Waals surface area contributed by atoms with Crippen molar-refractivity contribution in [1.82, 2.24) is 14.8 Å². The van der Waals surface area contributed by atoms with Gasteiger partial charge in [-0.3, -0.25) is 4.57 Å². The van der Waals surface area contributed by atoms with Gasteiger partial charge in [-0.05, 0) is 29.6 Å². The molecule has 0 aliphatic heterocycles. The fourth-order valence-corrected chi connectivity index (χ4v) is 2.98. The molecular weight excluding hydrogens is 340 g/mol. The number of hydrogen-bond donors (Lipinski definition) is 1. The van der Waals surface area contributed by atoms with E-state index in [9.17, 15) is 0 Å². The smallest absolute Gasteiger partial charge is 0.227 e. The molecule has 0 unspecified atom stereocenters. The van der Waals surface area contributed by atoms with E-state index in [1.807, 2.05) is 35.7 Å². The molecule has 3 rings (SSSR count). The first kappa shape index (κ1) is 13.1. The van der Waals surface area contributed by atoms with Crippen LogP contribution < -0.4 is 10.5 Å². The number of anilines is 1. The van der Waals surface area contributed by atoms with Crippen LogP contribution in [0.25, 0.3) is 16.4 Å². The van der Waals surface area contributed by atoms with E-state index >= 15 is 0 Å². The second-order valence-electron chi connectivity index (χ2n) is 4.01. The Morgan fingerprint density at radius 2 is 2.15 bits per heavy atom. The van der Waals surface area contributed by atoms with Crippen LogP contribution in [0.2, 0.25) is 0 Å². The summed E-state index contributed by atoms with van der Waals surface area (Å²) in [5.41, 5.74) is 6.78. The highest BCUT2D eigenvalue weighted by Crippen LogP contribution is 2.33. The average molecular weight is 351 g/mol. The van der Waals surface area contributed by atoms with Gasteiger partial charge < -0.3 is 10.5 Å². The van der Waals surface area contributed by atoms with E-state index in [0.717, 1.165) is 15.0 Å². The fourth-order valence-electron chi connectivity index (χ4n) is 1.94. The second-order valence-corrected chi connectivity index (χ2v) is 5.87. The summed E-state index contributed by atoms with van der Waals surface area (Å²) in [5.74, 6) is 1.73. The molecule has 0 amide bonds. The lowest BCUT2D eigenvalue weighted by molar-refractivity contribution is 0.413. The molecule has 5 nitrogen and oxygen atoms in total. The Kier molecular flexibility index (Phi) is 3.45. The van der Waals surface area contributed by atoms with Crippen molar-refractivity contribution in [3.63, 3.8) is 0 Å². The molecule has 1 aromatic carbocycles. The predicted molar refractivity (Wildman–Crippen MR) is 83.3 cm³/mol. The van der Waals surface area contributed by atoms with Crippen molar-refractivity contribution in [3.05, 3.63) is 40.2 Å². The molecule has 0 radical (unpaired) electrons. The highest BCUT2D eigenvalue weighted by Gasteiger charge is 2.17. The maximum Gasteiger partial charge on any atom is 0.227 e. The van der Waals surface area contributed by atoms with Gasteiger partial charge in [-0.15, -0.1) is 21.5 Å². The molecule has 2 N–H and O–H groups in total. The SMILES string of the molecule is COc1ccc(Br)cc1-n1c(N)nnc1-c1cccs1. The minimum absolute atomic E-state index is 0.324. The van der Waals surface area contributed by atoms with E-state index in [1.165, 1.54) is 0 Å². The predicted octanol–water partition coefficient (Wildman–Crippen LogP) is 3.35. The number of nitrogen functional groups attached to an aromatic ring is 1. The average Bonchev–Trinajstić information content (AvgIpc) is 3.07. The van der Waals surface area contributed by atoms with Gasteiger partial charge in [-0.2, -0.15) is 0 Å². The van der Waals surface area contributed by atoms with Crippen LogP contribution in [0.1, 0.15) is 0 Å². The summed E-state index contributed by atoms with van der Waals surface area (Å²) in [6.45, 7) is 0. The van der Waals surface area contributed by atoms with Crippen molar-refractivity contribution in [1.29, 1.82) is 0 Å². The van der Waals surface area contributed by atoms with Gasteiger partial charge in [0.2, 0.25) is 5.95 Å². The van der Waals surface area contributed by atoms with Crippen LogP contribution in [-0.4, -0.2) is 21.9 Å². The van der Waals surface area contributed by atoms with Crippen LogP contribution >= 0.6 is 27.3 Å². The molecule has 3 aromatic rings. The lowest BCUT2D eigenvalue weighted by atomic mass is 10.3. The molecule has 102 valence electrons. The van der Waals surface area contributed by atoms with Crippen LogP contribution in [0.4, 0.5) is 5.95 Å². The minimum atomic E-state index is 0.324. The van der Waals surface area contributed by atoms with E-state index in [1.54, 1.807) is 23.0 Å². The van der Waals surface area contributed by atoms with E-state index in [0.29, 0.717) is 17.5 Å². The lowest BCUT2D eigenvalue weighted by Crippen LogP contribution is -2.04. The summed E-state index contributed by atoms with van der Waals surface area (Å²) >= 11 is 5.05. The normalized spacial score (nSPS) is 10.7. The monoisotopic (exact) mass is 350 g/mol. The van der Waals surface area contributed by atoms with Crippen molar-refractivity contribution < 1.29 is 4.74 Å². The van der Waals surface area contributed by atoms with Gasteiger partial charge in [-0.1, -0.05) is 22.0 Å². The van der Waals surface area contributed by atoms with E-state index in [-0.39, 0.29) is 0 Å². The molecule has 0 saturated carbocycles. The van der Waals surface area contributed by atoms with Crippen molar-refractivity contribution in [2.75, 3.05) is 12.8 Å². The number of thiophene rings is 1. The summed E-state index contributed by atoms with van der Waals surface area (Å²) < 4.78 is 8.12. The van der Waals surface area contributed by atoms with Crippen LogP contribution in [0.5, 0.6) is 5.75 Å². The van der Waals surface area contributed by atoms with Gasteiger partial charge in [0.15, 0.2) is 5.82 Å². The highest BCUT2D eigenvalue weighted by molar-refractivity contribution is 9.10. The van der Waals surface area contributed by atoms with Gasteiger partial charge in [0, 0.05) is 4.47 Å². The molecule has 0 atom stereocenters. The third-order valence-electron chi connectivity index (χ3n) is 2.81. The molecule has 2 heterocycles. The molecule has 20 heavy (non-hydrogen) atoms. The highest BCUT2D eigenvalue weighted by atomic mass is 79.9. The third kappa shape index (κ3) is 2.19. The Balaban J connectivity index is 2.25. The van der Waals surface area contributed by atoms with Crippen molar-refractivity contribution >= 4 is 33.2 Å². The first-order chi connectivity index (χ1) is 9.70. The standard InChI is InChI=1S/C13H11BrN4OS/c1-19-10-5-4-8(14)7-9(10)18-12(16-17-13(18)15)11-3-2-6-20-11/h2-7H,1H3,(H2,15,17). The Hall–Kier alpha value is -1.86. The fraction of sp³-hybridized carbons (Fsp3) is 0.0769. The summed E-state index contributed by atoms with van der Waals surface area (Å²) in [6.07, 6.45) is 0. The van der Waals surface area contributed by atoms with E-state index in [2.05, 4.69) is 26.1 Å². The molecule has 0 fully saturated rings. The Morgan fingerprint density at radius 1 is 1.30 bits per heavy atom. The van der Waals surface area contributed by atoms with Crippen LogP contribution in [-0.2, 0) is 0 Å². The zero-order valence-electron chi connectivity index (χ0n) is 10.6. The van der Waals surface area contributed by atoms with Gasteiger partial charge in [0.1, 0.15) is 5.75 Å². The van der Waals surface area contributed by atoms with Gasteiger partial charge in [0.05, 0.1) is 17.7 Å². The number of hydrogen-bond acceptors (Lipinski definition) is 5. The molecule has 0 aliphatic rings. The number of halogens is 1. The lowest BCUT2D eigenvalue weighted by Gasteiger charge is -2.12. The number of rotatable bonds is 3. The van der Waals surface area contributed by atoms with Crippen molar-refractivity contribution in [3.8, 4) is 22.1 Å². The quantitative estimate of drug-likeness (QED) is 0.786.